The largest absolute Gasteiger partial charge is 0.497 e. The molecule has 5 heteroatoms. The number of carbonyl (C=O) groups excluding carboxylic acids is 1. The Morgan fingerprint density at radius 3 is 2.68 bits per heavy atom. The number of methoxy groups -OCH3 is 1. The molecule has 0 fully saturated rings. The summed E-state index contributed by atoms with van der Waals surface area (Å²) in [6.07, 6.45) is 3.53. The average Bonchev–Trinajstić information content (AvgIpc) is 2.59. The molecule has 0 saturated heterocycles. The normalized spacial score (nSPS) is 11.7. The van der Waals surface area contributed by atoms with Crippen molar-refractivity contribution in [1.29, 1.82) is 0 Å². The molecule has 2 aromatic rings. The van der Waals surface area contributed by atoms with Gasteiger partial charge in [-0.15, -0.1) is 0 Å². The summed E-state index contributed by atoms with van der Waals surface area (Å²) >= 11 is 0. The van der Waals surface area contributed by atoms with Gasteiger partial charge in [0.25, 0.3) is 0 Å². The van der Waals surface area contributed by atoms with Crippen LogP contribution in [0.3, 0.4) is 0 Å². The lowest BCUT2D eigenvalue weighted by atomic mass is 10.1. The zero-order valence-electron chi connectivity index (χ0n) is 12.9. The number of nitrogens with one attached hydrogen (secondary N) is 2. The van der Waals surface area contributed by atoms with E-state index in [1.165, 1.54) is 0 Å². The van der Waals surface area contributed by atoms with Crippen molar-refractivity contribution >= 4 is 5.91 Å². The standard InChI is InChI=1S/C17H21N3O2/c1-13(15-4-3-9-18-11-15)19-12-17(21)20-10-14-5-7-16(22-2)8-6-14/h3-9,11,13,19H,10,12H2,1-2H3,(H,20,21). The molecule has 1 heterocycles. The molecule has 1 aromatic carbocycles. The van der Waals surface area contributed by atoms with Crippen molar-refractivity contribution in [2.24, 2.45) is 0 Å². The van der Waals surface area contributed by atoms with Gasteiger partial charge < -0.3 is 15.4 Å². The lowest BCUT2D eigenvalue weighted by Gasteiger charge is -2.13. The molecule has 2 rings (SSSR count). The van der Waals surface area contributed by atoms with E-state index in [4.69, 9.17) is 4.74 Å². The first-order valence-electron chi connectivity index (χ1n) is 7.22. The van der Waals surface area contributed by atoms with Gasteiger partial charge in [0.05, 0.1) is 13.7 Å². The molecule has 0 radical (unpaired) electrons. The molecular formula is C17H21N3O2. The molecule has 22 heavy (non-hydrogen) atoms. The Hall–Kier alpha value is -2.40. The topological polar surface area (TPSA) is 63.2 Å². The quantitative estimate of drug-likeness (QED) is 0.821. The summed E-state index contributed by atoms with van der Waals surface area (Å²) in [6, 6.07) is 11.6. The summed E-state index contributed by atoms with van der Waals surface area (Å²) in [5.41, 5.74) is 2.10. The number of hydrogen-bond acceptors (Lipinski definition) is 4. The third-order valence-corrected chi connectivity index (χ3v) is 3.40. The fourth-order valence-corrected chi connectivity index (χ4v) is 2.00. The van der Waals surface area contributed by atoms with Gasteiger partial charge in [0.15, 0.2) is 0 Å². The van der Waals surface area contributed by atoms with Gasteiger partial charge in [-0.05, 0) is 36.2 Å². The van der Waals surface area contributed by atoms with Crippen LogP contribution in [0.1, 0.15) is 24.1 Å². The van der Waals surface area contributed by atoms with E-state index < -0.39 is 0 Å². The van der Waals surface area contributed by atoms with Gasteiger partial charge in [0.2, 0.25) is 5.91 Å². The van der Waals surface area contributed by atoms with Crippen molar-refractivity contribution in [2.75, 3.05) is 13.7 Å². The van der Waals surface area contributed by atoms with Gasteiger partial charge in [0, 0.05) is 25.0 Å². The summed E-state index contributed by atoms with van der Waals surface area (Å²) in [4.78, 5) is 15.9. The lowest BCUT2D eigenvalue weighted by Crippen LogP contribution is -2.34. The van der Waals surface area contributed by atoms with Gasteiger partial charge >= 0.3 is 0 Å². The first-order valence-corrected chi connectivity index (χ1v) is 7.22. The molecule has 0 aliphatic rings. The van der Waals surface area contributed by atoms with E-state index in [1.54, 1.807) is 19.5 Å². The second-order valence-corrected chi connectivity index (χ2v) is 5.01. The monoisotopic (exact) mass is 299 g/mol. The number of benzene rings is 1. The molecule has 0 aliphatic carbocycles. The highest BCUT2D eigenvalue weighted by Gasteiger charge is 2.07. The maximum Gasteiger partial charge on any atom is 0.234 e. The van der Waals surface area contributed by atoms with Crippen LogP contribution in [0.15, 0.2) is 48.8 Å². The molecule has 0 saturated carbocycles. The predicted molar refractivity (Wildman–Crippen MR) is 85.5 cm³/mol. The molecule has 116 valence electrons. The molecule has 1 amide bonds. The van der Waals surface area contributed by atoms with E-state index in [0.717, 1.165) is 16.9 Å². The maximum atomic E-state index is 11.9. The van der Waals surface area contributed by atoms with E-state index in [2.05, 4.69) is 15.6 Å². The van der Waals surface area contributed by atoms with Crippen molar-refractivity contribution in [3.8, 4) is 5.75 Å². The highest BCUT2D eigenvalue weighted by atomic mass is 16.5. The van der Waals surface area contributed by atoms with Crippen molar-refractivity contribution in [1.82, 2.24) is 15.6 Å². The second kappa shape index (κ2) is 8.14. The van der Waals surface area contributed by atoms with E-state index in [9.17, 15) is 4.79 Å². The second-order valence-electron chi connectivity index (χ2n) is 5.01. The Balaban J connectivity index is 1.73. The minimum Gasteiger partial charge on any atom is -0.497 e. The van der Waals surface area contributed by atoms with Gasteiger partial charge in [-0.1, -0.05) is 18.2 Å². The lowest BCUT2D eigenvalue weighted by molar-refractivity contribution is -0.120. The van der Waals surface area contributed by atoms with Crippen LogP contribution in [0.2, 0.25) is 0 Å². The smallest absolute Gasteiger partial charge is 0.234 e. The SMILES string of the molecule is COc1ccc(CNC(=O)CNC(C)c2cccnc2)cc1. The van der Waals surface area contributed by atoms with Gasteiger partial charge in [-0.3, -0.25) is 9.78 Å². The first-order chi connectivity index (χ1) is 10.7. The van der Waals surface area contributed by atoms with E-state index in [-0.39, 0.29) is 18.5 Å². The number of pyridine rings is 1. The zero-order chi connectivity index (χ0) is 15.8. The fourth-order valence-electron chi connectivity index (χ4n) is 2.00. The van der Waals surface area contributed by atoms with Crippen molar-refractivity contribution in [3.05, 3.63) is 59.9 Å². The summed E-state index contributed by atoms with van der Waals surface area (Å²) in [6.45, 7) is 2.78. The summed E-state index contributed by atoms with van der Waals surface area (Å²) < 4.78 is 5.10. The molecule has 0 aliphatic heterocycles. The number of aromatic nitrogens is 1. The average molecular weight is 299 g/mol. The zero-order valence-corrected chi connectivity index (χ0v) is 12.9. The van der Waals surface area contributed by atoms with E-state index in [1.807, 2.05) is 43.3 Å². The van der Waals surface area contributed by atoms with Crippen LogP contribution in [0.4, 0.5) is 0 Å². The molecule has 1 atom stereocenters. The van der Waals surface area contributed by atoms with E-state index >= 15 is 0 Å². The Morgan fingerprint density at radius 2 is 2.05 bits per heavy atom. The van der Waals surface area contributed by atoms with Crippen LogP contribution < -0.4 is 15.4 Å². The molecule has 0 bridgehead atoms. The minimum absolute atomic E-state index is 0.0356. The Labute approximate surface area is 130 Å². The number of amides is 1. The molecule has 0 spiro atoms. The number of ether oxygens (including phenoxy) is 1. The maximum absolute atomic E-state index is 11.9. The third kappa shape index (κ3) is 4.86. The summed E-state index contributed by atoms with van der Waals surface area (Å²) in [7, 11) is 1.63. The Bertz CT molecular complexity index is 585. The molecule has 1 aromatic heterocycles. The number of hydrogen-bond donors (Lipinski definition) is 2. The van der Waals surface area contributed by atoms with Crippen molar-refractivity contribution < 1.29 is 9.53 Å². The molecular weight excluding hydrogens is 278 g/mol. The number of nitrogens with zero attached hydrogens (tertiary/aromatic N) is 1. The minimum atomic E-state index is -0.0356. The Morgan fingerprint density at radius 1 is 1.27 bits per heavy atom. The molecule has 2 N–H and O–H groups in total. The van der Waals surface area contributed by atoms with Crippen molar-refractivity contribution in [3.63, 3.8) is 0 Å². The van der Waals surface area contributed by atoms with Crippen molar-refractivity contribution in [2.45, 2.75) is 19.5 Å². The van der Waals surface area contributed by atoms with Crippen LogP contribution in [0.25, 0.3) is 0 Å². The van der Waals surface area contributed by atoms with Crippen LogP contribution >= 0.6 is 0 Å². The molecule has 5 nitrogen and oxygen atoms in total. The number of carbonyl (C=O) groups is 1. The van der Waals surface area contributed by atoms with Crippen LogP contribution in [-0.4, -0.2) is 24.5 Å². The van der Waals surface area contributed by atoms with Gasteiger partial charge in [-0.2, -0.15) is 0 Å². The third-order valence-electron chi connectivity index (χ3n) is 3.40. The predicted octanol–water partition coefficient (Wildman–Crippen LogP) is 2.06. The fraction of sp³-hybridized carbons (Fsp3) is 0.294. The molecule has 1 unspecified atom stereocenters. The first kappa shape index (κ1) is 16.0. The summed E-state index contributed by atoms with van der Waals surface area (Å²) in [5, 5.41) is 6.07. The Kier molecular flexibility index (Phi) is 5.91. The van der Waals surface area contributed by atoms with E-state index in [0.29, 0.717) is 6.54 Å². The van der Waals surface area contributed by atoms with Crippen LogP contribution in [-0.2, 0) is 11.3 Å². The highest BCUT2D eigenvalue weighted by Crippen LogP contribution is 2.11. The van der Waals surface area contributed by atoms with Gasteiger partial charge in [0.1, 0.15) is 5.75 Å². The van der Waals surface area contributed by atoms with Crippen LogP contribution in [0.5, 0.6) is 5.75 Å². The van der Waals surface area contributed by atoms with Gasteiger partial charge in [-0.25, -0.2) is 0 Å². The summed E-state index contributed by atoms with van der Waals surface area (Å²) in [5.74, 6) is 0.772. The number of rotatable bonds is 7. The van der Waals surface area contributed by atoms with Crippen LogP contribution in [0, 0.1) is 0 Å². The highest BCUT2D eigenvalue weighted by molar-refractivity contribution is 5.78.